The molecule has 1 saturated heterocycles. The van der Waals surface area contributed by atoms with Crippen molar-refractivity contribution >= 4 is 6.09 Å². The molecule has 1 aromatic carbocycles. The first kappa shape index (κ1) is 19.4. The number of rotatable bonds is 4. The Morgan fingerprint density at radius 3 is 2.36 bits per heavy atom. The molecule has 2 N–H and O–H groups in total. The first-order valence-corrected chi connectivity index (χ1v) is 8.51. The summed E-state index contributed by atoms with van der Waals surface area (Å²) in [6.45, 7) is 7.84. The molecule has 0 bridgehead atoms. The van der Waals surface area contributed by atoms with Gasteiger partial charge in [-0.25, -0.2) is 13.6 Å². The number of halogens is 2. The normalized spacial score (nSPS) is 16.1. The van der Waals surface area contributed by atoms with Gasteiger partial charge in [-0.3, -0.25) is 0 Å². The van der Waals surface area contributed by atoms with E-state index in [1.807, 2.05) is 20.8 Å². The van der Waals surface area contributed by atoms with Gasteiger partial charge in [0.25, 0.3) is 0 Å². The highest BCUT2D eigenvalue weighted by atomic mass is 19.1. The lowest BCUT2D eigenvalue weighted by atomic mass is 9.97. The first-order valence-electron chi connectivity index (χ1n) is 8.51. The smallest absolute Gasteiger partial charge is 0.410 e. The highest BCUT2D eigenvalue weighted by Gasteiger charge is 2.26. The van der Waals surface area contributed by atoms with E-state index in [1.165, 1.54) is 0 Å². The maximum absolute atomic E-state index is 13.3. The highest BCUT2D eigenvalue weighted by molar-refractivity contribution is 5.68. The number of ether oxygens (including phenoxy) is 1. The van der Waals surface area contributed by atoms with Crippen LogP contribution in [0.1, 0.15) is 39.2 Å². The Labute approximate surface area is 147 Å². The summed E-state index contributed by atoms with van der Waals surface area (Å²) in [6.07, 6.45) is 1.42. The number of piperidine rings is 1. The molecule has 2 rings (SSSR count). The predicted molar refractivity (Wildman–Crippen MR) is 90.3 cm³/mol. The zero-order chi connectivity index (χ0) is 18.6. The number of amides is 1. The third-order valence-corrected chi connectivity index (χ3v) is 4.11. The number of hydrogen-bond donors (Lipinski definition) is 2. The molecule has 1 aliphatic rings. The lowest BCUT2D eigenvalue weighted by molar-refractivity contribution is 0.0184. The molecule has 0 aliphatic carbocycles. The summed E-state index contributed by atoms with van der Waals surface area (Å²) < 4.78 is 31.9. The molecule has 1 fully saturated rings. The van der Waals surface area contributed by atoms with Crippen LogP contribution in [-0.4, -0.2) is 41.3 Å². The fraction of sp³-hybridized carbons (Fsp3) is 0.611. The number of aromatic hydroxyl groups is 1. The van der Waals surface area contributed by atoms with Crippen molar-refractivity contribution < 1.29 is 23.4 Å². The van der Waals surface area contributed by atoms with Crippen LogP contribution in [0.5, 0.6) is 5.75 Å². The zero-order valence-corrected chi connectivity index (χ0v) is 14.9. The van der Waals surface area contributed by atoms with Gasteiger partial charge in [-0.15, -0.1) is 0 Å². The van der Waals surface area contributed by atoms with Crippen LogP contribution in [0.15, 0.2) is 12.1 Å². The standard InChI is InChI=1S/C18H26F2N2O3/c1-18(2,3)25-17(24)22-6-4-12(5-7-22)10-21-11-13-8-14(19)16(23)15(20)9-13/h8-9,12,21,23H,4-7,10-11H2,1-3H3. The van der Waals surface area contributed by atoms with E-state index >= 15 is 0 Å². The fourth-order valence-electron chi connectivity index (χ4n) is 2.79. The predicted octanol–water partition coefficient (Wildman–Crippen LogP) is 3.41. The number of nitrogens with zero attached hydrogens (tertiary/aromatic N) is 1. The molecule has 140 valence electrons. The number of carbonyl (C=O) groups is 1. The van der Waals surface area contributed by atoms with Gasteiger partial charge in [-0.05, 0) is 63.8 Å². The van der Waals surface area contributed by atoms with E-state index in [0.29, 0.717) is 37.7 Å². The summed E-state index contributed by atoms with van der Waals surface area (Å²) in [5.74, 6) is -2.46. The molecule has 0 aromatic heterocycles. The Bertz CT molecular complexity index is 586. The molecule has 5 nitrogen and oxygen atoms in total. The second kappa shape index (κ2) is 7.99. The van der Waals surface area contributed by atoms with Crippen molar-refractivity contribution in [3.63, 3.8) is 0 Å². The minimum absolute atomic E-state index is 0.283. The van der Waals surface area contributed by atoms with E-state index in [2.05, 4.69) is 5.32 Å². The lowest BCUT2D eigenvalue weighted by Gasteiger charge is -2.33. The first-order chi connectivity index (χ1) is 11.7. The van der Waals surface area contributed by atoms with Gasteiger partial charge in [0.1, 0.15) is 5.60 Å². The van der Waals surface area contributed by atoms with Gasteiger partial charge in [0.2, 0.25) is 0 Å². The molecular weight excluding hydrogens is 330 g/mol. The summed E-state index contributed by atoms with van der Waals surface area (Å²) in [7, 11) is 0. The SMILES string of the molecule is CC(C)(C)OC(=O)N1CCC(CNCc2cc(F)c(O)c(F)c2)CC1. The minimum atomic E-state index is -0.956. The largest absolute Gasteiger partial charge is 0.503 e. The third kappa shape index (κ3) is 5.85. The molecule has 1 aliphatic heterocycles. The maximum atomic E-state index is 13.3. The van der Waals surface area contributed by atoms with Crippen LogP contribution in [0.25, 0.3) is 0 Å². The van der Waals surface area contributed by atoms with Gasteiger partial charge in [0, 0.05) is 19.6 Å². The second-order valence-corrected chi connectivity index (χ2v) is 7.45. The Hall–Kier alpha value is -1.89. The number of phenolic OH excluding ortho intramolecular Hbond substituents is 1. The highest BCUT2D eigenvalue weighted by Crippen LogP contribution is 2.22. The van der Waals surface area contributed by atoms with Gasteiger partial charge in [-0.2, -0.15) is 0 Å². The fourth-order valence-corrected chi connectivity index (χ4v) is 2.79. The quantitative estimate of drug-likeness (QED) is 0.868. The van der Waals surface area contributed by atoms with E-state index in [0.717, 1.165) is 25.0 Å². The number of phenols is 1. The average Bonchev–Trinajstić information content (AvgIpc) is 2.51. The molecule has 0 spiro atoms. The van der Waals surface area contributed by atoms with E-state index in [1.54, 1.807) is 4.90 Å². The second-order valence-electron chi connectivity index (χ2n) is 7.45. The van der Waals surface area contributed by atoms with Gasteiger partial charge in [0.05, 0.1) is 0 Å². The minimum Gasteiger partial charge on any atom is -0.503 e. The third-order valence-electron chi connectivity index (χ3n) is 4.11. The molecule has 1 heterocycles. The number of carbonyl (C=O) groups excluding carboxylic acids is 1. The van der Waals surface area contributed by atoms with Crippen LogP contribution < -0.4 is 5.32 Å². The van der Waals surface area contributed by atoms with Gasteiger partial charge in [-0.1, -0.05) is 0 Å². The maximum Gasteiger partial charge on any atom is 0.410 e. The summed E-state index contributed by atoms with van der Waals surface area (Å²) >= 11 is 0. The van der Waals surface area contributed by atoms with Crippen LogP contribution in [0.3, 0.4) is 0 Å². The lowest BCUT2D eigenvalue weighted by Crippen LogP contribution is -2.43. The number of benzene rings is 1. The average molecular weight is 356 g/mol. The van der Waals surface area contributed by atoms with Crippen LogP contribution >= 0.6 is 0 Å². The summed E-state index contributed by atoms with van der Waals surface area (Å²) in [5.41, 5.74) is -0.0524. The number of nitrogens with one attached hydrogen (secondary N) is 1. The molecule has 7 heteroatoms. The van der Waals surface area contributed by atoms with Gasteiger partial charge in [0.15, 0.2) is 17.4 Å². The van der Waals surface area contributed by atoms with Crippen molar-refractivity contribution in [2.24, 2.45) is 5.92 Å². The Balaban J connectivity index is 1.73. The Morgan fingerprint density at radius 1 is 1.28 bits per heavy atom. The molecule has 25 heavy (non-hydrogen) atoms. The van der Waals surface area contributed by atoms with Crippen molar-refractivity contribution in [1.29, 1.82) is 0 Å². The number of hydrogen-bond acceptors (Lipinski definition) is 4. The molecule has 0 radical (unpaired) electrons. The van der Waals surface area contributed by atoms with E-state index in [-0.39, 0.29) is 6.09 Å². The van der Waals surface area contributed by atoms with Crippen molar-refractivity contribution in [3.05, 3.63) is 29.3 Å². The van der Waals surface area contributed by atoms with E-state index in [4.69, 9.17) is 9.84 Å². The molecular formula is C18H26F2N2O3. The molecule has 1 amide bonds. The summed E-state index contributed by atoms with van der Waals surface area (Å²) in [4.78, 5) is 13.7. The summed E-state index contributed by atoms with van der Waals surface area (Å²) in [6, 6.07) is 2.24. The monoisotopic (exact) mass is 356 g/mol. The molecule has 1 aromatic rings. The number of likely N-dealkylation sites (tertiary alicyclic amines) is 1. The molecule has 0 atom stereocenters. The topological polar surface area (TPSA) is 61.8 Å². The Morgan fingerprint density at radius 2 is 1.84 bits per heavy atom. The van der Waals surface area contributed by atoms with Crippen molar-refractivity contribution in [3.8, 4) is 5.75 Å². The van der Waals surface area contributed by atoms with Crippen molar-refractivity contribution in [2.75, 3.05) is 19.6 Å². The van der Waals surface area contributed by atoms with Crippen LogP contribution in [-0.2, 0) is 11.3 Å². The Kier molecular flexibility index (Phi) is 6.21. The van der Waals surface area contributed by atoms with Gasteiger partial charge < -0.3 is 20.1 Å². The van der Waals surface area contributed by atoms with Crippen molar-refractivity contribution in [2.45, 2.75) is 45.8 Å². The van der Waals surface area contributed by atoms with Crippen LogP contribution in [0, 0.1) is 17.6 Å². The zero-order valence-electron chi connectivity index (χ0n) is 14.9. The molecule has 0 saturated carbocycles. The van der Waals surface area contributed by atoms with Crippen molar-refractivity contribution in [1.82, 2.24) is 10.2 Å². The van der Waals surface area contributed by atoms with E-state index in [9.17, 15) is 13.6 Å². The van der Waals surface area contributed by atoms with Crippen LogP contribution in [0.2, 0.25) is 0 Å². The summed E-state index contributed by atoms with van der Waals surface area (Å²) in [5, 5.41) is 12.3. The van der Waals surface area contributed by atoms with Crippen LogP contribution in [0.4, 0.5) is 13.6 Å². The molecule has 0 unspecified atom stereocenters. The van der Waals surface area contributed by atoms with Gasteiger partial charge >= 0.3 is 6.09 Å². The van der Waals surface area contributed by atoms with E-state index < -0.39 is 23.0 Å².